The summed E-state index contributed by atoms with van der Waals surface area (Å²) in [5, 5.41) is 0. The van der Waals surface area contributed by atoms with Gasteiger partial charge in [-0.25, -0.2) is 4.85 Å². The van der Waals surface area contributed by atoms with Crippen LogP contribution < -0.4 is 0 Å². The smallest absolute Gasteiger partial charge is 0.187 e. The van der Waals surface area contributed by atoms with Gasteiger partial charge in [0.2, 0.25) is 0 Å². The molecule has 72 valence electrons. The van der Waals surface area contributed by atoms with E-state index in [0.29, 0.717) is 5.69 Å². The highest BCUT2D eigenvalue weighted by Gasteiger charge is 1.98. The predicted molar refractivity (Wildman–Crippen MR) is 63.6 cm³/mol. The third-order valence-electron chi connectivity index (χ3n) is 2.02. The van der Waals surface area contributed by atoms with E-state index in [0.717, 1.165) is 15.7 Å². The van der Waals surface area contributed by atoms with Gasteiger partial charge in [-0.05, 0) is 33.6 Å². The van der Waals surface area contributed by atoms with E-state index in [1.54, 1.807) is 18.3 Å². The lowest BCUT2D eigenvalue weighted by molar-refractivity contribution is 1.31. The van der Waals surface area contributed by atoms with Gasteiger partial charge in [-0.1, -0.05) is 24.3 Å². The molecule has 2 nitrogen and oxygen atoms in total. The average molecular weight is 259 g/mol. The molecule has 2 aromatic rings. The first-order valence-electron chi connectivity index (χ1n) is 4.39. The Balaban J connectivity index is 2.38. The fraction of sp³-hybridized carbons (Fsp3) is 0. The van der Waals surface area contributed by atoms with Crippen LogP contribution in [-0.4, -0.2) is 4.98 Å². The van der Waals surface area contributed by atoms with Crippen molar-refractivity contribution in [1.82, 2.24) is 4.98 Å². The molecule has 0 fully saturated rings. The molecule has 0 saturated carbocycles. The third-order valence-corrected chi connectivity index (χ3v) is 2.49. The van der Waals surface area contributed by atoms with Crippen LogP contribution >= 0.6 is 15.9 Å². The van der Waals surface area contributed by atoms with Crippen LogP contribution in [-0.2, 0) is 0 Å². The van der Waals surface area contributed by atoms with Crippen molar-refractivity contribution in [3.8, 4) is 11.3 Å². The van der Waals surface area contributed by atoms with Crippen LogP contribution in [0.5, 0.6) is 0 Å². The molecule has 1 aromatic carbocycles. The standard InChI is InChI=1S/C12H7BrN2/c1-14-11-5-2-9(3-6-11)12-7-4-10(13)8-15-12/h2-8H. The molecule has 0 unspecified atom stereocenters. The van der Waals surface area contributed by atoms with Gasteiger partial charge in [-0.2, -0.15) is 0 Å². The zero-order valence-corrected chi connectivity index (χ0v) is 9.40. The van der Waals surface area contributed by atoms with Crippen LogP contribution in [0.2, 0.25) is 0 Å². The second kappa shape index (κ2) is 4.24. The van der Waals surface area contributed by atoms with E-state index in [9.17, 15) is 0 Å². The van der Waals surface area contributed by atoms with Crippen LogP contribution in [0.25, 0.3) is 16.1 Å². The molecular weight excluding hydrogens is 252 g/mol. The van der Waals surface area contributed by atoms with Crippen molar-refractivity contribution >= 4 is 21.6 Å². The first-order chi connectivity index (χ1) is 7.29. The summed E-state index contributed by atoms with van der Waals surface area (Å²) in [6, 6.07) is 11.3. The number of hydrogen-bond donors (Lipinski definition) is 0. The number of aromatic nitrogens is 1. The largest absolute Gasteiger partial charge is 0.255 e. The minimum Gasteiger partial charge on any atom is -0.255 e. The zero-order valence-electron chi connectivity index (χ0n) is 7.81. The molecule has 0 spiro atoms. The lowest BCUT2D eigenvalue weighted by Gasteiger charge is -2.00. The highest BCUT2D eigenvalue weighted by Crippen LogP contribution is 2.21. The summed E-state index contributed by atoms with van der Waals surface area (Å²) in [5.41, 5.74) is 2.58. The lowest BCUT2D eigenvalue weighted by atomic mass is 10.1. The van der Waals surface area contributed by atoms with E-state index in [1.807, 2.05) is 24.3 Å². The van der Waals surface area contributed by atoms with Crippen molar-refractivity contribution in [2.75, 3.05) is 0 Å². The van der Waals surface area contributed by atoms with Gasteiger partial charge in [0.15, 0.2) is 5.69 Å². The lowest BCUT2D eigenvalue weighted by Crippen LogP contribution is -1.81. The summed E-state index contributed by atoms with van der Waals surface area (Å²) in [4.78, 5) is 7.62. The summed E-state index contributed by atoms with van der Waals surface area (Å²) < 4.78 is 0.962. The Morgan fingerprint density at radius 3 is 2.33 bits per heavy atom. The second-order valence-corrected chi connectivity index (χ2v) is 3.94. The average Bonchev–Trinajstić information content (AvgIpc) is 2.30. The minimum absolute atomic E-state index is 0.649. The minimum atomic E-state index is 0.649. The van der Waals surface area contributed by atoms with Crippen molar-refractivity contribution in [2.45, 2.75) is 0 Å². The highest BCUT2D eigenvalue weighted by molar-refractivity contribution is 9.10. The molecule has 0 aliphatic rings. The molecule has 3 heteroatoms. The van der Waals surface area contributed by atoms with E-state index in [1.165, 1.54) is 0 Å². The van der Waals surface area contributed by atoms with Crippen molar-refractivity contribution in [3.05, 3.63) is 58.5 Å². The monoisotopic (exact) mass is 258 g/mol. The van der Waals surface area contributed by atoms with Gasteiger partial charge in [-0.15, -0.1) is 0 Å². The van der Waals surface area contributed by atoms with Crippen molar-refractivity contribution < 1.29 is 0 Å². The predicted octanol–water partition coefficient (Wildman–Crippen LogP) is 4.06. The van der Waals surface area contributed by atoms with Crippen LogP contribution in [0.3, 0.4) is 0 Å². The molecule has 0 aliphatic carbocycles. The zero-order chi connectivity index (χ0) is 10.7. The first kappa shape index (κ1) is 9.88. The Bertz CT molecular complexity index is 495. The third kappa shape index (κ3) is 2.23. The van der Waals surface area contributed by atoms with Crippen LogP contribution in [0, 0.1) is 6.57 Å². The molecular formula is C12H7BrN2. The number of rotatable bonds is 1. The van der Waals surface area contributed by atoms with Crippen molar-refractivity contribution in [3.63, 3.8) is 0 Å². The van der Waals surface area contributed by atoms with Gasteiger partial charge in [0, 0.05) is 10.7 Å². The molecule has 0 N–H and O–H groups in total. The molecule has 0 atom stereocenters. The van der Waals surface area contributed by atoms with Crippen LogP contribution in [0.1, 0.15) is 0 Å². The van der Waals surface area contributed by atoms with E-state index in [-0.39, 0.29) is 0 Å². The highest BCUT2D eigenvalue weighted by atomic mass is 79.9. The van der Waals surface area contributed by atoms with E-state index < -0.39 is 0 Å². The Labute approximate surface area is 96.5 Å². The molecule has 0 bridgehead atoms. The number of nitrogens with zero attached hydrogens (tertiary/aromatic N) is 2. The number of pyridine rings is 1. The Hall–Kier alpha value is -1.66. The van der Waals surface area contributed by atoms with Crippen molar-refractivity contribution in [1.29, 1.82) is 0 Å². The normalized spacial score (nSPS) is 9.60. The van der Waals surface area contributed by atoms with Gasteiger partial charge in [0.05, 0.1) is 12.3 Å². The van der Waals surface area contributed by atoms with Gasteiger partial charge in [0.1, 0.15) is 0 Å². The van der Waals surface area contributed by atoms with Crippen LogP contribution in [0.4, 0.5) is 5.69 Å². The Morgan fingerprint density at radius 2 is 1.80 bits per heavy atom. The van der Waals surface area contributed by atoms with E-state index in [4.69, 9.17) is 6.57 Å². The molecule has 2 rings (SSSR count). The summed E-state index contributed by atoms with van der Waals surface area (Å²) in [6.07, 6.45) is 1.76. The fourth-order valence-corrected chi connectivity index (χ4v) is 1.49. The van der Waals surface area contributed by atoms with Gasteiger partial charge in [-0.3, -0.25) is 4.98 Å². The molecule has 0 radical (unpaired) electrons. The maximum Gasteiger partial charge on any atom is 0.187 e. The second-order valence-electron chi connectivity index (χ2n) is 3.02. The number of benzene rings is 1. The first-order valence-corrected chi connectivity index (χ1v) is 5.18. The Kier molecular flexibility index (Phi) is 2.79. The topological polar surface area (TPSA) is 17.2 Å². The summed E-state index contributed by atoms with van der Waals surface area (Å²) >= 11 is 3.34. The SMILES string of the molecule is [C-]#[N+]c1ccc(-c2ccc(Br)cn2)cc1. The van der Waals surface area contributed by atoms with Gasteiger partial charge < -0.3 is 0 Å². The maximum absolute atomic E-state index is 6.85. The number of hydrogen-bond acceptors (Lipinski definition) is 1. The van der Waals surface area contributed by atoms with E-state index >= 15 is 0 Å². The Morgan fingerprint density at radius 1 is 1.07 bits per heavy atom. The van der Waals surface area contributed by atoms with Gasteiger partial charge in [0.25, 0.3) is 0 Å². The van der Waals surface area contributed by atoms with E-state index in [2.05, 4.69) is 25.8 Å². The summed E-state index contributed by atoms with van der Waals surface area (Å²) in [6.45, 7) is 6.85. The molecule has 0 aliphatic heterocycles. The fourth-order valence-electron chi connectivity index (χ4n) is 1.25. The summed E-state index contributed by atoms with van der Waals surface area (Å²) in [7, 11) is 0. The van der Waals surface area contributed by atoms with Gasteiger partial charge >= 0.3 is 0 Å². The van der Waals surface area contributed by atoms with Crippen LogP contribution in [0.15, 0.2) is 47.1 Å². The molecule has 15 heavy (non-hydrogen) atoms. The summed E-state index contributed by atoms with van der Waals surface area (Å²) in [5.74, 6) is 0. The molecule has 0 saturated heterocycles. The molecule has 1 heterocycles. The number of halogens is 1. The van der Waals surface area contributed by atoms with Crippen molar-refractivity contribution in [2.24, 2.45) is 0 Å². The maximum atomic E-state index is 6.85. The quantitative estimate of drug-likeness (QED) is 0.706. The molecule has 0 amide bonds. The molecule has 1 aromatic heterocycles.